The second-order valence-electron chi connectivity index (χ2n) is 5.14. The largest absolute Gasteiger partial charge is 0.493 e. The predicted octanol–water partition coefficient (Wildman–Crippen LogP) is 3.58. The SMILES string of the molecule is COc1ccc(CNCCC(=O)Nc2ccccc2Br)cc1OC. The van der Waals surface area contributed by atoms with E-state index in [1.165, 1.54) is 0 Å². The summed E-state index contributed by atoms with van der Waals surface area (Å²) in [5, 5.41) is 6.13. The molecule has 2 N–H and O–H groups in total. The molecule has 0 fully saturated rings. The van der Waals surface area contributed by atoms with Gasteiger partial charge in [-0.2, -0.15) is 0 Å². The molecule has 128 valence electrons. The molecule has 2 rings (SSSR count). The van der Waals surface area contributed by atoms with Gasteiger partial charge in [0.2, 0.25) is 5.91 Å². The van der Waals surface area contributed by atoms with E-state index in [2.05, 4.69) is 26.6 Å². The second-order valence-corrected chi connectivity index (χ2v) is 6.00. The molecule has 0 aliphatic heterocycles. The number of para-hydroxylation sites is 1. The number of methoxy groups -OCH3 is 2. The van der Waals surface area contributed by atoms with E-state index >= 15 is 0 Å². The highest BCUT2D eigenvalue weighted by molar-refractivity contribution is 9.10. The van der Waals surface area contributed by atoms with Crippen LogP contribution in [0.5, 0.6) is 11.5 Å². The Kier molecular flexibility index (Phi) is 7.08. The molecule has 0 unspecified atom stereocenters. The normalized spacial score (nSPS) is 10.3. The first kappa shape index (κ1) is 18.3. The van der Waals surface area contributed by atoms with Gasteiger partial charge in [-0.15, -0.1) is 0 Å². The number of benzene rings is 2. The summed E-state index contributed by atoms with van der Waals surface area (Å²) in [7, 11) is 3.22. The number of halogens is 1. The number of carbonyl (C=O) groups is 1. The van der Waals surface area contributed by atoms with Crippen molar-refractivity contribution in [3.8, 4) is 11.5 Å². The number of hydrogen-bond acceptors (Lipinski definition) is 4. The Labute approximate surface area is 150 Å². The first-order chi connectivity index (χ1) is 11.6. The molecular weight excluding hydrogens is 372 g/mol. The minimum absolute atomic E-state index is 0.0262. The van der Waals surface area contributed by atoms with E-state index in [-0.39, 0.29) is 5.91 Å². The highest BCUT2D eigenvalue weighted by Crippen LogP contribution is 2.27. The van der Waals surface area contributed by atoms with Gasteiger partial charge in [0.05, 0.1) is 19.9 Å². The average molecular weight is 393 g/mol. The number of ether oxygens (including phenoxy) is 2. The Morgan fingerprint density at radius 1 is 1.08 bits per heavy atom. The van der Waals surface area contributed by atoms with Gasteiger partial charge < -0.3 is 20.1 Å². The molecule has 5 nitrogen and oxygen atoms in total. The Hall–Kier alpha value is -2.05. The molecule has 2 aromatic rings. The lowest BCUT2D eigenvalue weighted by Crippen LogP contribution is -2.21. The van der Waals surface area contributed by atoms with E-state index < -0.39 is 0 Å². The van der Waals surface area contributed by atoms with Gasteiger partial charge in [0.15, 0.2) is 11.5 Å². The molecule has 0 bridgehead atoms. The third-order valence-corrected chi connectivity index (χ3v) is 4.15. The second kappa shape index (κ2) is 9.30. The molecule has 6 heteroatoms. The maximum atomic E-state index is 12.0. The van der Waals surface area contributed by atoms with Gasteiger partial charge in [-0.1, -0.05) is 18.2 Å². The van der Waals surface area contributed by atoms with E-state index in [9.17, 15) is 4.79 Å². The Balaban J connectivity index is 1.76. The summed E-state index contributed by atoms with van der Waals surface area (Å²) in [6.07, 6.45) is 0.397. The highest BCUT2D eigenvalue weighted by atomic mass is 79.9. The summed E-state index contributed by atoms with van der Waals surface area (Å²) in [5.74, 6) is 1.37. The zero-order valence-electron chi connectivity index (χ0n) is 13.8. The third kappa shape index (κ3) is 5.25. The number of amides is 1. The van der Waals surface area contributed by atoms with Gasteiger partial charge in [0, 0.05) is 24.0 Å². The molecule has 24 heavy (non-hydrogen) atoms. The third-order valence-electron chi connectivity index (χ3n) is 3.45. The fourth-order valence-corrected chi connectivity index (χ4v) is 2.58. The summed E-state index contributed by atoms with van der Waals surface area (Å²) in [4.78, 5) is 12.0. The van der Waals surface area contributed by atoms with Crippen LogP contribution >= 0.6 is 15.9 Å². The molecule has 0 aliphatic carbocycles. The van der Waals surface area contributed by atoms with E-state index in [0.29, 0.717) is 31.0 Å². The van der Waals surface area contributed by atoms with E-state index in [1.54, 1.807) is 14.2 Å². The van der Waals surface area contributed by atoms with Crippen LogP contribution in [0.2, 0.25) is 0 Å². The number of hydrogen-bond donors (Lipinski definition) is 2. The molecule has 0 saturated carbocycles. The fraction of sp³-hybridized carbons (Fsp3) is 0.278. The summed E-state index contributed by atoms with van der Waals surface area (Å²) in [6.45, 7) is 1.24. The molecule has 0 aromatic heterocycles. The molecule has 2 aromatic carbocycles. The average Bonchev–Trinajstić information content (AvgIpc) is 2.60. The summed E-state index contributed by atoms with van der Waals surface area (Å²) >= 11 is 3.41. The topological polar surface area (TPSA) is 59.6 Å². The Morgan fingerprint density at radius 3 is 2.54 bits per heavy atom. The lowest BCUT2D eigenvalue weighted by Gasteiger charge is -2.10. The van der Waals surface area contributed by atoms with Gasteiger partial charge in [0.1, 0.15) is 0 Å². The van der Waals surface area contributed by atoms with Crippen LogP contribution in [0.3, 0.4) is 0 Å². The van der Waals surface area contributed by atoms with Crippen LogP contribution in [0, 0.1) is 0 Å². The molecule has 0 spiro atoms. The van der Waals surface area contributed by atoms with E-state index in [0.717, 1.165) is 15.7 Å². The molecule has 0 heterocycles. The first-order valence-electron chi connectivity index (χ1n) is 7.60. The van der Waals surface area contributed by atoms with E-state index in [1.807, 2.05) is 42.5 Å². The van der Waals surface area contributed by atoms with Gasteiger partial charge in [0.25, 0.3) is 0 Å². The number of rotatable bonds is 8. The van der Waals surface area contributed by atoms with Crippen molar-refractivity contribution in [2.45, 2.75) is 13.0 Å². The van der Waals surface area contributed by atoms with Crippen molar-refractivity contribution >= 4 is 27.5 Å². The van der Waals surface area contributed by atoms with Crippen LogP contribution in [-0.2, 0) is 11.3 Å². The van der Waals surface area contributed by atoms with Crippen molar-refractivity contribution in [2.75, 3.05) is 26.1 Å². The van der Waals surface area contributed by atoms with Crippen LogP contribution in [0.25, 0.3) is 0 Å². The number of carbonyl (C=O) groups excluding carboxylic acids is 1. The molecule has 1 amide bonds. The lowest BCUT2D eigenvalue weighted by molar-refractivity contribution is -0.116. The maximum absolute atomic E-state index is 12.0. The van der Waals surface area contributed by atoms with Crippen molar-refractivity contribution in [1.29, 1.82) is 0 Å². The minimum Gasteiger partial charge on any atom is -0.493 e. The molecule has 0 radical (unpaired) electrons. The Bertz CT molecular complexity index is 692. The quantitative estimate of drug-likeness (QED) is 0.673. The monoisotopic (exact) mass is 392 g/mol. The van der Waals surface area contributed by atoms with Crippen LogP contribution in [0.4, 0.5) is 5.69 Å². The predicted molar refractivity (Wildman–Crippen MR) is 98.6 cm³/mol. The van der Waals surface area contributed by atoms with Crippen molar-refractivity contribution in [1.82, 2.24) is 5.32 Å². The standard InChI is InChI=1S/C18H21BrN2O3/c1-23-16-8-7-13(11-17(16)24-2)12-20-10-9-18(22)21-15-6-4-3-5-14(15)19/h3-8,11,20H,9-10,12H2,1-2H3,(H,21,22). The zero-order valence-corrected chi connectivity index (χ0v) is 15.4. The summed E-state index contributed by atoms with van der Waals surface area (Å²) in [6, 6.07) is 13.3. The number of anilines is 1. The fourth-order valence-electron chi connectivity index (χ4n) is 2.20. The lowest BCUT2D eigenvalue weighted by atomic mass is 10.2. The van der Waals surface area contributed by atoms with Crippen molar-refractivity contribution in [3.63, 3.8) is 0 Å². The molecule has 0 aliphatic rings. The van der Waals surface area contributed by atoms with Crippen LogP contribution < -0.4 is 20.1 Å². The molecular formula is C18H21BrN2O3. The van der Waals surface area contributed by atoms with Crippen LogP contribution in [0.1, 0.15) is 12.0 Å². The maximum Gasteiger partial charge on any atom is 0.225 e. The highest BCUT2D eigenvalue weighted by Gasteiger charge is 2.06. The smallest absolute Gasteiger partial charge is 0.225 e. The molecule has 0 atom stereocenters. The van der Waals surface area contributed by atoms with Crippen molar-refractivity contribution < 1.29 is 14.3 Å². The van der Waals surface area contributed by atoms with Crippen LogP contribution in [-0.4, -0.2) is 26.7 Å². The summed E-state index contributed by atoms with van der Waals surface area (Å²) < 4.78 is 11.4. The first-order valence-corrected chi connectivity index (χ1v) is 8.39. The van der Waals surface area contributed by atoms with E-state index in [4.69, 9.17) is 9.47 Å². The number of nitrogens with one attached hydrogen (secondary N) is 2. The van der Waals surface area contributed by atoms with Gasteiger partial charge in [-0.3, -0.25) is 4.79 Å². The Morgan fingerprint density at radius 2 is 1.83 bits per heavy atom. The van der Waals surface area contributed by atoms with Gasteiger partial charge in [-0.05, 0) is 45.8 Å². The molecule has 0 saturated heterocycles. The van der Waals surface area contributed by atoms with Gasteiger partial charge >= 0.3 is 0 Å². The van der Waals surface area contributed by atoms with Crippen LogP contribution in [0.15, 0.2) is 46.9 Å². The minimum atomic E-state index is -0.0262. The van der Waals surface area contributed by atoms with Crippen molar-refractivity contribution in [2.24, 2.45) is 0 Å². The van der Waals surface area contributed by atoms with Gasteiger partial charge in [-0.25, -0.2) is 0 Å². The summed E-state index contributed by atoms with van der Waals surface area (Å²) in [5.41, 5.74) is 1.85. The van der Waals surface area contributed by atoms with Crippen molar-refractivity contribution in [3.05, 3.63) is 52.5 Å². The zero-order chi connectivity index (χ0) is 17.4.